The summed E-state index contributed by atoms with van der Waals surface area (Å²) < 4.78 is 38.5. The van der Waals surface area contributed by atoms with Gasteiger partial charge in [0.05, 0.1) is 0 Å². The Morgan fingerprint density at radius 3 is 1.70 bits per heavy atom. The summed E-state index contributed by atoms with van der Waals surface area (Å²) in [7, 11) is 0. The predicted octanol–water partition coefficient (Wildman–Crippen LogP) is 4.74. The second-order valence-corrected chi connectivity index (χ2v) is 4.52. The Morgan fingerprint density at radius 2 is 1.25 bits per heavy atom. The standard InChI is InChI=1S/C16H9F3O/c17-16(18,19)15(20)14-12-7-3-1-5-10(12)9-11-6-2-4-8-13(11)14/h1-9H/i17+0. The van der Waals surface area contributed by atoms with Crippen molar-refractivity contribution in [1.82, 2.24) is 0 Å². The fourth-order valence-corrected chi connectivity index (χ4v) is 2.40. The smallest absolute Gasteiger partial charge is 0.284 e. The SMILES string of the molecule is O=C(c1c2ccccc2cc2ccccc12)C(F)(F)[19F]. The van der Waals surface area contributed by atoms with E-state index < -0.39 is 12.0 Å². The van der Waals surface area contributed by atoms with E-state index in [1.54, 1.807) is 54.6 Å². The lowest BCUT2D eigenvalue weighted by Gasteiger charge is -2.12. The highest BCUT2D eigenvalue weighted by Crippen LogP contribution is 2.33. The third kappa shape index (κ3) is 1.93. The molecule has 1 nitrogen and oxygen atoms in total. The van der Waals surface area contributed by atoms with E-state index in [1.807, 2.05) is 0 Å². The maximum Gasteiger partial charge on any atom is 0.454 e. The number of benzene rings is 3. The van der Waals surface area contributed by atoms with Gasteiger partial charge in [-0.2, -0.15) is 13.2 Å². The number of Topliss-reactive ketones (excluding diaryl/α,β-unsaturated/α-hetero) is 1. The summed E-state index contributed by atoms with van der Waals surface area (Å²) in [5.41, 5.74) is -0.272. The third-order valence-corrected chi connectivity index (χ3v) is 3.26. The van der Waals surface area contributed by atoms with E-state index in [1.165, 1.54) is 0 Å². The number of alkyl halides is 3. The minimum Gasteiger partial charge on any atom is -0.284 e. The number of hydrogen-bond acceptors (Lipinski definition) is 1. The van der Waals surface area contributed by atoms with Crippen LogP contribution >= 0.6 is 0 Å². The van der Waals surface area contributed by atoms with Crippen LogP contribution in [0.4, 0.5) is 13.2 Å². The minimum atomic E-state index is -4.88. The van der Waals surface area contributed by atoms with Crippen LogP contribution in [0.5, 0.6) is 0 Å². The first-order valence-electron chi connectivity index (χ1n) is 6.00. The minimum absolute atomic E-state index is 0.272. The van der Waals surface area contributed by atoms with Crippen molar-refractivity contribution < 1.29 is 18.0 Å². The predicted molar refractivity (Wildman–Crippen MR) is 71.8 cm³/mol. The summed E-state index contributed by atoms with van der Waals surface area (Å²) in [6.07, 6.45) is -4.88. The fourth-order valence-electron chi connectivity index (χ4n) is 2.40. The van der Waals surface area contributed by atoms with Crippen LogP contribution in [0.25, 0.3) is 21.5 Å². The zero-order valence-corrected chi connectivity index (χ0v) is 10.2. The van der Waals surface area contributed by atoms with Crippen molar-refractivity contribution in [3.05, 3.63) is 60.2 Å². The zero-order chi connectivity index (χ0) is 14.3. The van der Waals surface area contributed by atoms with Crippen LogP contribution in [-0.4, -0.2) is 12.0 Å². The number of ketones is 1. The molecule has 0 N–H and O–H groups in total. The maximum absolute atomic E-state index is 12.8. The Bertz CT molecular complexity index is 765. The molecule has 0 spiro atoms. The molecule has 0 aliphatic heterocycles. The number of hydrogen-bond donors (Lipinski definition) is 0. The van der Waals surface area contributed by atoms with Gasteiger partial charge in [0.2, 0.25) is 0 Å². The van der Waals surface area contributed by atoms with Crippen molar-refractivity contribution in [2.24, 2.45) is 0 Å². The molecule has 0 aliphatic rings. The molecule has 3 aromatic carbocycles. The van der Waals surface area contributed by atoms with Crippen molar-refractivity contribution in [2.45, 2.75) is 6.18 Å². The topological polar surface area (TPSA) is 17.1 Å². The molecule has 0 radical (unpaired) electrons. The van der Waals surface area contributed by atoms with Gasteiger partial charge >= 0.3 is 6.18 Å². The summed E-state index contributed by atoms with van der Waals surface area (Å²) in [5, 5.41) is 1.90. The van der Waals surface area contributed by atoms with E-state index in [2.05, 4.69) is 0 Å². The molecular weight excluding hydrogens is 265 g/mol. The van der Waals surface area contributed by atoms with Gasteiger partial charge < -0.3 is 0 Å². The first-order valence-corrected chi connectivity index (χ1v) is 6.00. The van der Waals surface area contributed by atoms with Crippen molar-refractivity contribution >= 4 is 27.3 Å². The van der Waals surface area contributed by atoms with Gasteiger partial charge in [0.1, 0.15) is 0 Å². The number of rotatable bonds is 1. The normalized spacial score (nSPS) is 11.9. The van der Waals surface area contributed by atoms with E-state index in [4.69, 9.17) is 0 Å². The summed E-state index contributed by atoms with van der Waals surface area (Å²) in [6, 6.07) is 15.0. The molecule has 0 fully saturated rings. The van der Waals surface area contributed by atoms with Gasteiger partial charge in [0.25, 0.3) is 5.78 Å². The molecule has 0 aromatic heterocycles. The van der Waals surface area contributed by atoms with Gasteiger partial charge in [-0.05, 0) is 27.6 Å². The fraction of sp³-hybridized carbons (Fsp3) is 0.0625. The summed E-state index contributed by atoms with van der Waals surface area (Å²) >= 11 is 0. The van der Waals surface area contributed by atoms with E-state index in [0.29, 0.717) is 21.5 Å². The molecule has 0 saturated heterocycles. The Hall–Kier alpha value is -2.36. The van der Waals surface area contributed by atoms with Crippen LogP contribution in [-0.2, 0) is 0 Å². The van der Waals surface area contributed by atoms with Crippen molar-refractivity contribution in [2.75, 3.05) is 0 Å². The van der Waals surface area contributed by atoms with Crippen LogP contribution < -0.4 is 0 Å². The second kappa shape index (κ2) is 4.34. The van der Waals surface area contributed by atoms with Crippen LogP contribution in [0.2, 0.25) is 0 Å². The lowest BCUT2D eigenvalue weighted by Crippen LogP contribution is -2.23. The Kier molecular flexibility index (Phi) is 2.74. The van der Waals surface area contributed by atoms with Crippen molar-refractivity contribution in [1.29, 1.82) is 0 Å². The largest absolute Gasteiger partial charge is 0.454 e. The molecule has 20 heavy (non-hydrogen) atoms. The van der Waals surface area contributed by atoms with Gasteiger partial charge in [0, 0.05) is 5.56 Å². The molecule has 4 heteroatoms. The molecule has 0 amide bonds. The maximum atomic E-state index is 12.8. The average molecular weight is 274 g/mol. The number of fused-ring (bicyclic) bond motifs is 2. The first kappa shape index (κ1) is 12.7. The quantitative estimate of drug-likeness (QED) is 0.463. The molecule has 3 rings (SSSR count). The van der Waals surface area contributed by atoms with Crippen LogP contribution in [0, 0.1) is 0 Å². The van der Waals surface area contributed by atoms with Crippen LogP contribution in [0.1, 0.15) is 10.4 Å². The highest BCUT2D eigenvalue weighted by molar-refractivity contribution is 6.20. The van der Waals surface area contributed by atoms with Gasteiger partial charge in [-0.25, -0.2) is 0 Å². The van der Waals surface area contributed by atoms with E-state index in [-0.39, 0.29) is 5.56 Å². The first-order chi connectivity index (χ1) is 9.48. The van der Waals surface area contributed by atoms with Crippen molar-refractivity contribution in [3.63, 3.8) is 0 Å². The van der Waals surface area contributed by atoms with E-state index >= 15 is 0 Å². The Morgan fingerprint density at radius 1 is 0.800 bits per heavy atom. The molecule has 0 aliphatic carbocycles. The monoisotopic (exact) mass is 274 g/mol. The second-order valence-electron chi connectivity index (χ2n) is 4.52. The van der Waals surface area contributed by atoms with Gasteiger partial charge in [-0.1, -0.05) is 48.5 Å². The molecule has 0 heterocycles. The Labute approximate surface area is 112 Å². The highest BCUT2D eigenvalue weighted by atomic mass is 19.4. The lowest BCUT2D eigenvalue weighted by atomic mass is 9.94. The number of carbonyl (C=O) groups excluding carboxylic acids is 1. The molecule has 0 bridgehead atoms. The van der Waals surface area contributed by atoms with Gasteiger partial charge in [-0.15, -0.1) is 0 Å². The average Bonchev–Trinajstić information content (AvgIpc) is 2.43. The lowest BCUT2D eigenvalue weighted by molar-refractivity contribution is -0.0883. The molecule has 0 unspecified atom stereocenters. The molecule has 0 saturated carbocycles. The summed E-state index contributed by atoms with van der Waals surface area (Å²) in [5.74, 6) is -1.80. The highest BCUT2D eigenvalue weighted by Gasteiger charge is 2.40. The molecule has 100 valence electrons. The molecule has 3 aromatic rings. The third-order valence-electron chi connectivity index (χ3n) is 3.26. The summed E-state index contributed by atoms with van der Waals surface area (Å²) in [6.45, 7) is 0. The van der Waals surface area contributed by atoms with Gasteiger partial charge in [0.15, 0.2) is 0 Å². The van der Waals surface area contributed by atoms with Crippen molar-refractivity contribution in [3.8, 4) is 0 Å². The van der Waals surface area contributed by atoms with E-state index in [0.717, 1.165) is 0 Å². The van der Waals surface area contributed by atoms with Gasteiger partial charge in [-0.3, -0.25) is 4.79 Å². The van der Waals surface area contributed by atoms with E-state index in [9.17, 15) is 18.0 Å². The van der Waals surface area contributed by atoms with Crippen LogP contribution in [0.3, 0.4) is 0 Å². The zero-order valence-electron chi connectivity index (χ0n) is 10.2. The number of carbonyl (C=O) groups is 1. The molecular formula is C16H9F3O. The number of halogens is 3. The molecule has 0 atom stereocenters. The van der Waals surface area contributed by atoms with Crippen LogP contribution in [0.15, 0.2) is 54.6 Å². The Balaban J connectivity index is 2.49. The summed E-state index contributed by atoms with van der Waals surface area (Å²) in [4.78, 5) is 11.8.